The van der Waals surface area contributed by atoms with Gasteiger partial charge < -0.3 is 14.0 Å². The van der Waals surface area contributed by atoms with E-state index in [4.69, 9.17) is 46.7 Å². The van der Waals surface area contributed by atoms with Crippen LogP contribution >= 0.6 is 11.6 Å². The van der Waals surface area contributed by atoms with Crippen LogP contribution in [0.15, 0.2) is 48.5 Å². The summed E-state index contributed by atoms with van der Waals surface area (Å²) in [6.45, 7) is 1.52. The average Bonchev–Trinajstić information content (AvgIpc) is 3.74. The van der Waals surface area contributed by atoms with Gasteiger partial charge in [-0.2, -0.15) is 5.21 Å². The number of rotatable bonds is 17. The molecule has 4 aromatic rings. The smallest absolute Gasteiger partial charge is 0.359 e. The summed E-state index contributed by atoms with van der Waals surface area (Å²) < 4.78 is 12.9. The summed E-state index contributed by atoms with van der Waals surface area (Å²) in [5.74, 6) is -0.622. The summed E-state index contributed by atoms with van der Waals surface area (Å²) in [6, 6.07) is 14.2. The van der Waals surface area contributed by atoms with E-state index in [0.717, 1.165) is 29.5 Å². The van der Waals surface area contributed by atoms with Crippen LogP contribution in [0.1, 0.15) is 66.9 Å². The highest BCUT2D eigenvalue weighted by molar-refractivity contribution is 6.32. The van der Waals surface area contributed by atoms with Crippen molar-refractivity contribution in [1.29, 1.82) is 0 Å². The Bertz CT molecular complexity index is 1690. The molecule has 0 bridgehead atoms. The third-order valence-corrected chi connectivity index (χ3v) is 8.04. The maximum absolute atomic E-state index is 13.6. The lowest BCUT2D eigenvalue weighted by Gasteiger charge is -2.33. The molecule has 2 aromatic carbocycles. The molecule has 0 aliphatic carbocycles. The molecule has 0 saturated heterocycles. The van der Waals surface area contributed by atoms with Gasteiger partial charge in [0.2, 0.25) is 11.9 Å². The molecule has 1 unspecified atom stereocenters. The van der Waals surface area contributed by atoms with Crippen molar-refractivity contribution in [2.45, 2.75) is 63.7 Å². The molecule has 18 nitrogen and oxygen atoms in total. The SMILES string of the molecule is CCCCc1nc(Cl)c2n1[C@@H](c1ccc(-c3ccccc3-c3nn[nH]n3)cc1)C(C(=O)OCCCC[C@H](CON(O)O)ON(O)O)OC2=O. The van der Waals surface area contributed by atoms with Crippen LogP contribution in [0.5, 0.6) is 0 Å². The molecule has 0 radical (unpaired) electrons. The number of cyclic esters (lactones) is 1. The third-order valence-electron chi connectivity index (χ3n) is 7.78. The van der Waals surface area contributed by atoms with E-state index in [9.17, 15) is 9.59 Å². The monoisotopic (exact) mass is 702 g/mol. The van der Waals surface area contributed by atoms with Gasteiger partial charge in [-0.05, 0) is 47.6 Å². The molecule has 19 heteroatoms. The first kappa shape index (κ1) is 35.9. The van der Waals surface area contributed by atoms with Crippen LogP contribution in [-0.2, 0) is 30.4 Å². The zero-order valence-corrected chi connectivity index (χ0v) is 27.0. The summed E-state index contributed by atoms with van der Waals surface area (Å²) in [4.78, 5) is 40.5. The predicted octanol–water partition coefficient (Wildman–Crippen LogP) is 3.96. The second-order valence-electron chi connectivity index (χ2n) is 11.0. The molecular weight excluding hydrogens is 668 g/mol. The van der Waals surface area contributed by atoms with Gasteiger partial charge in [-0.1, -0.05) is 73.5 Å². The fourth-order valence-electron chi connectivity index (χ4n) is 5.56. The van der Waals surface area contributed by atoms with E-state index < -0.39 is 47.6 Å². The Hall–Kier alpha value is -4.37. The number of benzene rings is 2. The highest BCUT2D eigenvalue weighted by Crippen LogP contribution is 2.38. The van der Waals surface area contributed by atoms with Gasteiger partial charge in [0.25, 0.3) is 0 Å². The first-order chi connectivity index (χ1) is 23.7. The topological polar surface area (TPSA) is 231 Å². The van der Waals surface area contributed by atoms with Gasteiger partial charge in [0, 0.05) is 12.0 Å². The number of nitrogens with zero attached hydrogens (tertiary/aromatic N) is 7. The number of hydrogen-bond donors (Lipinski definition) is 5. The Balaban J connectivity index is 1.37. The van der Waals surface area contributed by atoms with Crippen molar-refractivity contribution in [3.8, 4) is 22.5 Å². The molecule has 0 saturated carbocycles. The van der Waals surface area contributed by atoms with E-state index >= 15 is 0 Å². The van der Waals surface area contributed by atoms with Crippen molar-refractivity contribution in [2.24, 2.45) is 0 Å². The van der Waals surface area contributed by atoms with Crippen molar-refractivity contribution in [3.05, 3.63) is 70.8 Å². The van der Waals surface area contributed by atoms with E-state index in [-0.39, 0.29) is 23.9 Å². The van der Waals surface area contributed by atoms with Crippen LogP contribution in [0.4, 0.5) is 0 Å². The van der Waals surface area contributed by atoms with Gasteiger partial charge >= 0.3 is 11.9 Å². The van der Waals surface area contributed by atoms with E-state index in [0.29, 0.717) is 36.5 Å². The maximum atomic E-state index is 13.6. The van der Waals surface area contributed by atoms with Gasteiger partial charge in [0.05, 0.1) is 17.4 Å². The lowest BCUT2D eigenvalue weighted by molar-refractivity contribution is -0.527. The minimum Gasteiger partial charge on any atom is -0.463 e. The molecule has 2 aromatic heterocycles. The third kappa shape index (κ3) is 8.81. The Morgan fingerprint density at radius 3 is 2.49 bits per heavy atom. The second kappa shape index (κ2) is 16.8. The minimum absolute atomic E-state index is 0.0193. The number of fused-ring (bicyclic) bond motifs is 1. The average molecular weight is 703 g/mol. The van der Waals surface area contributed by atoms with E-state index in [2.05, 4.69) is 30.4 Å². The Labute approximate surface area is 284 Å². The van der Waals surface area contributed by atoms with Crippen LogP contribution in [-0.4, -0.2) is 99.1 Å². The van der Waals surface area contributed by atoms with E-state index in [1.807, 2.05) is 55.5 Å². The van der Waals surface area contributed by atoms with Crippen LogP contribution in [0.3, 0.4) is 0 Å². The van der Waals surface area contributed by atoms with E-state index in [1.54, 1.807) is 4.57 Å². The number of unbranched alkanes of at least 4 members (excludes halogenated alkanes) is 2. The highest BCUT2D eigenvalue weighted by atomic mass is 35.5. The number of aromatic amines is 1. The molecule has 3 atom stereocenters. The van der Waals surface area contributed by atoms with Gasteiger partial charge in [0.1, 0.15) is 24.6 Å². The lowest BCUT2D eigenvalue weighted by Crippen LogP contribution is -2.44. The zero-order valence-electron chi connectivity index (χ0n) is 26.3. The fraction of sp³-hybridized carbons (Fsp3) is 0.400. The molecule has 5 N–H and O–H groups in total. The molecule has 5 rings (SSSR count). The first-order valence-electron chi connectivity index (χ1n) is 15.4. The molecule has 3 heterocycles. The number of carbonyl (C=O) groups excluding carboxylic acids is 2. The zero-order chi connectivity index (χ0) is 34.9. The van der Waals surface area contributed by atoms with Crippen molar-refractivity contribution in [2.75, 3.05) is 13.2 Å². The molecule has 0 fully saturated rings. The summed E-state index contributed by atoms with van der Waals surface area (Å²) in [7, 11) is 0. The normalized spacial score (nSPS) is 16.5. The first-order valence-corrected chi connectivity index (χ1v) is 15.8. The quantitative estimate of drug-likeness (QED) is 0.0595. The summed E-state index contributed by atoms with van der Waals surface area (Å²) in [6.07, 6.45) is 0.583. The number of H-pyrrole nitrogens is 1. The number of aryl methyl sites for hydroxylation is 1. The number of hydrogen-bond acceptors (Lipinski definition) is 16. The van der Waals surface area contributed by atoms with E-state index in [1.165, 1.54) is 0 Å². The molecule has 0 spiro atoms. The Kier molecular flexibility index (Phi) is 12.3. The highest BCUT2D eigenvalue weighted by Gasteiger charge is 2.45. The summed E-state index contributed by atoms with van der Waals surface area (Å²) in [5, 5.41) is 48.7. The van der Waals surface area contributed by atoms with Gasteiger partial charge in [-0.3, -0.25) is 20.8 Å². The van der Waals surface area contributed by atoms with Crippen molar-refractivity contribution >= 4 is 23.5 Å². The molecule has 262 valence electrons. The lowest BCUT2D eigenvalue weighted by atomic mass is 9.94. The number of imidazole rings is 1. The molecule has 1 aliphatic rings. The summed E-state index contributed by atoms with van der Waals surface area (Å²) >= 11 is 6.45. The van der Waals surface area contributed by atoms with Crippen LogP contribution in [0, 0.1) is 0 Å². The predicted molar refractivity (Wildman–Crippen MR) is 165 cm³/mol. The van der Waals surface area contributed by atoms with Crippen molar-refractivity contribution in [1.82, 2.24) is 41.0 Å². The number of carbonyl (C=O) groups is 2. The number of ether oxygens (including phenoxy) is 2. The van der Waals surface area contributed by atoms with Crippen molar-refractivity contribution in [3.63, 3.8) is 0 Å². The van der Waals surface area contributed by atoms with Gasteiger partial charge in [0.15, 0.2) is 10.8 Å². The largest absolute Gasteiger partial charge is 0.463 e. The number of aromatic nitrogens is 6. The van der Waals surface area contributed by atoms with Gasteiger partial charge in [-0.15, -0.1) is 10.2 Å². The molecule has 1 aliphatic heterocycles. The maximum Gasteiger partial charge on any atom is 0.359 e. The standard InChI is InChI=1S/C30H35ClN8O10/c1-2-3-11-23-32-27(31)25-29(40)48-26(30(41)46-16-7-6-8-20(49-39(44)45)17-47-38(42)43)24(37(23)25)19-14-12-18(13-15-19)21-9-4-5-10-22(21)28-33-35-36-34-28/h4-5,9-10,12-15,20,24,26,42-45H,2-3,6-8,11,16-17H2,1H3,(H,33,34,35,36)/t20-,24+,26?/m1/s1. The van der Waals surface area contributed by atoms with Crippen LogP contribution in [0.2, 0.25) is 5.15 Å². The number of nitrogens with one attached hydrogen (secondary N) is 1. The van der Waals surface area contributed by atoms with Crippen LogP contribution in [0.25, 0.3) is 22.5 Å². The second-order valence-corrected chi connectivity index (χ2v) is 11.4. The van der Waals surface area contributed by atoms with Gasteiger partial charge in [-0.25, -0.2) is 24.2 Å². The Morgan fingerprint density at radius 1 is 1.06 bits per heavy atom. The fourth-order valence-corrected chi connectivity index (χ4v) is 5.82. The molecule has 0 amide bonds. The molecule has 49 heavy (non-hydrogen) atoms. The number of tetrazole rings is 1. The van der Waals surface area contributed by atoms with Crippen LogP contribution < -0.4 is 0 Å². The Morgan fingerprint density at radius 2 is 1.82 bits per heavy atom. The molecular formula is C30H35ClN8O10. The number of halogens is 1. The summed E-state index contributed by atoms with van der Waals surface area (Å²) in [5.41, 5.74) is 3.15. The number of esters is 2. The minimum atomic E-state index is -1.37. The van der Waals surface area contributed by atoms with Crippen molar-refractivity contribution < 1.29 is 49.6 Å².